The number of aliphatic imine (C=N–C) groups is 1. The molecule has 0 radical (unpaired) electrons. The van der Waals surface area contributed by atoms with Gasteiger partial charge in [0.05, 0.1) is 29.4 Å². The number of ether oxygens (including phenoxy) is 2. The Labute approximate surface area is 311 Å². The summed E-state index contributed by atoms with van der Waals surface area (Å²) in [5, 5.41) is 15.6. The fourth-order valence-corrected chi connectivity index (χ4v) is 9.19. The maximum Gasteiger partial charge on any atom is 0.410 e. The molecule has 0 saturated carbocycles. The smallest absolute Gasteiger partial charge is 0.410 e. The topological polar surface area (TPSA) is 136 Å². The van der Waals surface area contributed by atoms with Gasteiger partial charge in [0.25, 0.3) is 0 Å². The van der Waals surface area contributed by atoms with E-state index in [9.17, 15) is 10.1 Å². The number of hydrogen-bond acceptors (Lipinski definition) is 12. The maximum atomic E-state index is 13.2. The molecule has 280 valence electrons. The van der Waals surface area contributed by atoms with Crippen molar-refractivity contribution < 1.29 is 18.8 Å². The molecule has 1 aliphatic carbocycles. The molecule has 14 heteroatoms. The SMILES string of the molecule is C[C@H](Oc1cc(N2C[C@@H](C)N(C(=O)OC(C)(C)C)[C@@H](C)C2)nc(-c2cc([C@@]3(C)CCCc4sc(/N=C/N(C)C)c(C#N)c43)on2)n1)[C@@H]1CCCN1C. The number of amides is 1. The number of likely N-dealkylation sites (tertiary alicyclic amines) is 1. The zero-order chi connectivity index (χ0) is 37.5. The Hall–Kier alpha value is -4.22. The molecule has 0 bridgehead atoms. The number of nitriles is 1. The van der Waals surface area contributed by atoms with Gasteiger partial charge in [-0.05, 0) is 99.7 Å². The molecule has 1 amide bonds. The van der Waals surface area contributed by atoms with E-state index >= 15 is 0 Å². The molecular weight excluding hydrogens is 679 g/mol. The quantitative estimate of drug-likeness (QED) is 0.183. The van der Waals surface area contributed by atoms with Crippen molar-refractivity contribution in [2.75, 3.05) is 45.7 Å². The van der Waals surface area contributed by atoms with Gasteiger partial charge in [0.2, 0.25) is 5.88 Å². The first kappa shape index (κ1) is 37.5. The minimum absolute atomic E-state index is 0.0928. The highest BCUT2D eigenvalue weighted by atomic mass is 32.1. The van der Waals surface area contributed by atoms with Crippen LogP contribution in [0.25, 0.3) is 11.5 Å². The fourth-order valence-electron chi connectivity index (χ4n) is 7.93. The third-order valence-corrected chi connectivity index (χ3v) is 11.5. The fraction of sp³-hybridized carbons (Fsp3) is 0.632. The number of aryl methyl sites for hydroxylation is 1. The van der Waals surface area contributed by atoms with Gasteiger partial charge in [-0.2, -0.15) is 10.2 Å². The van der Waals surface area contributed by atoms with Crippen LogP contribution in [0.5, 0.6) is 5.88 Å². The summed E-state index contributed by atoms with van der Waals surface area (Å²) in [5.74, 6) is 2.21. The summed E-state index contributed by atoms with van der Waals surface area (Å²) in [6.07, 6.45) is 6.16. The molecule has 2 saturated heterocycles. The second-order valence-electron chi connectivity index (χ2n) is 16.1. The van der Waals surface area contributed by atoms with Crippen molar-refractivity contribution in [2.24, 2.45) is 4.99 Å². The van der Waals surface area contributed by atoms with Crippen molar-refractivity contribution in [3.63, 3.8) is 0 Å². The molecule has 2 aliphatic heterocycles. The van der Waals surface area contributed by atoms with Crippen LogP contribution in [-0.4, -0.2) is 113 Å². The van der Waals surface area contributed by atoms with Crippen LogP contribution in [0.3, 0.4) is 0 Å². The van der Waals surface area contributed by atoms with Gasteiger partial charge < -0.3 is 23.8 Å². The highest BCUT2D eigenvalue weighted by molar-refractivity contribution is 7.16. The Morgan fingerprint density at radius 1 is 1.21 bits per heavy atom. The molecular formula is C38H53N9O4S. The van der Waals surface area contributed by atoms with Gasteiger partial charge in [-0.25, -0.2) is 14.8 Å². The van der Waals surface area contributed by atoms with Crippen molar-refractivity contribution in [3.8, 4) is 23.5 Å². The zero-order valence-electron chi connectivity index (χ0n) is 32.3. The third kappa shape index (κ3) is 7.62. The Morgan fingerprint density at radius 2 is 1.94 bits per heavy atom. The van der Waals surface area contributed by atoms with E-state index in [1.807, 2.05) is 70.6 Å². The lowest BCUT2D eigenvalue weighted by atomic mass is 9.71. The lowest BCUT2D eigenvalue weighted by molar-refractivity contribution is 0.00558. The predicted octanol–water partition coefficient (Wildman–Crippen LogP) is 6.62. The Balaban J connectivity index is 1.35. The van der Waals surface area contributed by atoms with E-state index in [4.69, 9.17) is 24.0 Å². The average Bonchev–Trinajstić information content (AvgIpc) is 3.81. The molecule has 6 rings (SSSR count). The Kier molecular flexibility index (Phi) is 10.6. The van der Waals surface area contributed by atoms with Gasteiger partial charge in [0, 0.05) is 50.2 Å². The van der Waals surface area contributed by atoms with Gasteiger partial charge in [-0.3, -0.25) is 9.80 Å². The van der Waals surface area contributed by atoms with Crippen molar-refractivity contribution in [3.05, 3.63) is 33.9 Å². The maximum absolute atomic E-state index is 13.2. The van der Waals surface area contributed by atoms with E-state index in [1.165, 1.54) is 0 Å². The number of carbonyl (C=O) groups excluding carboxylic acids is 1. The molecule has 0 aromatic carbocycles. The second kappa shape index (κ2) is 14.7. The summed E-state index contributed by atoms with van der Waals surface area (Å²) in [5.41, 5.74) is 0.896. The van der Waals surface area contributed by atoms with Crippen LogP contribution in [0.15, 0.2) is 21.6 Å². The summed E-state index contributed by atoms with van der Waals surface area (Å²) < 4.78 is 18.5. The highest BCUT2D eigenvalue weighted by Gasteiger charge is 2.42. The van der Waals surface area contributed by atoms with Crippen LogP contribution in [0, 0.1) is 11.3 Å². The molecule has 3 aromatic rings. The van der Waals surface area contributed by atoms with Gasteiger partial charge in [0.15, 0.2) is 11.5 Å². The number of hydrogen-bond donors (Lipinski definition) is 0. The van der Waals surface area contributed by atoms with Crippen molar-refractivity contribution in [1.82, 2.24) is 29.8 Å². The number of fused-ring (bicyclic) bond motifs is 1. The minimum Gasteiger partial charge on any atom is -0.473 e. The van der Waals surface area contributed by atoms with Crippen LogP contribution in [0.1, 0.15) is 95.9 Å². The lowest BCUT2D eigenvalue weighted by Crippen LogP contribution is -2.59. The van der Waals surface area contributed by atoms with Gasteiger partial charge in [-0.15, -0.1) is 11.3 Å². The summed E-state index contributed by atoms with van der Waals surface area (Å²) in [4.78, 5) is 37.1. The van der Waals surface area contributed by atoms with E-state index in [0.717, 1.165) is 49.1 Å². The van der Waals surface area contributed by atoms with Crippen LogP contribution in [0.2, 0.25) is 0 Å². The molecule has 13 nitrogen and oxygen atoms in total. The predicted molar refractivity (Wildman–Crippen MR) is 203 cm³/mol. The first-order valence-electron chi connectivity index (χ1n) is 18.3. The van der Waals surface area contributed by atoms with E-state index in [0.29, 0.717) is 52.6 Å². The van der Waals surface area contributed by atoms with Crippen LogP contribution >= 0.6 is 11.3 Å². The Morgan fingerprint density at radius 3 is 2.58 bits per heavy atom. The normalized spacial score (nSPS) is 24.5. The van der Waals surface area contributed by atoms with Crippen LogP contribution in [0.4, 0.5) is 15.6 Å². The Bertz CT molecular complexity index is 1830. The second-order valence-corrected chi connectivity index (χ2v) is 17.1. The first-order valence-corrected chi connectivity index (χ1v) is 19.2. The standard InChI is InChI=1S/C38H53N9O4S/c1-23-20-46(21-24(2)47(23)36(48)50-37(4,5)6)31-18-32(49-25(3)28-13-12-16-45(28)10)42-34(41-31)27-17-30(51-43-27)38(7)15-11-14-29-33(38)26(19-39)35(52-29)40-22-44(8)9/h17-18,22-25,28H,11-16,20-21H2,1-10H3/b40-22+/t23-,24+,25-,28-,38+/m0/s1. The monoisotopic (exact) mass is 731 g/mol. The third-order valence-electron chi connectivity index (χ3n) is 10.4. The molecule has 2 fully saturated rings. The van der Waals surface area contributed by atoms with Crippen molar-refractivity contribution in [1.29, 1.82) is 5.26 Å². The van der Waals surface area contributed by atoms with E-state index < -0.39 is 11.0 Å². The largest absolute Gasteiger partial charge is 0.473 e. The molecule has 3 aromatic heterocycles. The van der Waals surface area contributed by atoms with E-state index in [2.05, 4.69) is 46.9 Å². The molecule has 5 atom stereocenters. The van der Waals surface area contributed by atoms with Crippen LogP contribution in [-0.2, 0) is 16.6 Å². The molecule has 5 heterocycles. The summed E-state index contributed by atoms with van der Waals surface area (Å²) in [7, 11) is 5.96. The molecule has 52 heavy (non-hydrogen) atoms. The summed E-state index contributed by atoms with van der Waals surface area (Å²) in [6, 6.07) is 6.29. The highest BCUT2D eigenvalue weighted by Crippen LogP contribution is 2.50. The van der Waals surface area contributed by atoms with E-state index in [1.54, 1.807) is 17.7 Å². The minimum atomic E-state index is -0.583. The summed E-state index contributed by atoms with van der Waals surface area (Å²) >= 11 is 1.58. The number of anilines is 1. The zero-order valence-corrected chi connectivity index (χ0v) is 33.1. The number of thiophene rings is 1. The average molecular weight is 732 g/mol. The number of rotatable bonds is 8. The molecule has 0 spiro atoms. The van der Waals surface area contributed by atoms with Gasteiger partial charge in [0.1, 0.15) is 34.4 Å². The summed E-state index contributed by atoms with van der Waals surface area (Å²) in [6.45, 7) is 16.1. The first-order chi connectivity index (χ1) is 24.6. The number of aromatic nitrogens is 3. The van der Waals surface area contributed by atoms with E-state index in [-0.39, 0.29) is 30.3 Å². The van der Waals surface area contributed by atoms with Crippen molar-refractivity contribution in [2.45, 2.75) is 116 Å². The molecule has 0 unspecified atom stereocenters. The van der Waals surface area contributed by atoms with Gasteiger partial charge in [-0.1, -0.05) is 5.16 Å². The number of piperazine rings is 1. The van der Waals surface area contributed by atoms with Gasteiger partial charge >= 0.3 is 6.09 Å². The molecule has 3 aliphatic rings. The number of nitrogens with zero attached hydrogens (tertiary/aromatic N) is 9. The van der Waals surface area contributed by atoms with Crippen molar-refractivity contribution >= 4 is 34.6 Å². The number of likely N-dealkylation sites (N-methyl/N-ethyl adjacent to an activating group) is 1. The molecule has 0 N–H and O–H groups in total. The van der Waals surface area contributed by atoms with Crippen LogP contribution < -0.4 is 9.64 Å². The number of carbonyl (C=O) groups is 1. The lowest BCUT2D eigenvalue weighted by Gasteiger charge is -2.44.